The summed E-state index contributed by atoms with van der Waals surface area (Å²) >= 11 is 7.19. The fourth-order valence-electron chi connectivity index (χ4n) is 3.74. The van der Waals surface area contributed by atoms with Crippen molar-refractivity contribution in [2.75, 3.05) is 19.6 Å². The predicted molar refractivity (Wildman–Crippen MR) is 123 cm³/mol. The normalized spacial score (nSPS) is 15.8. The molecule has 0 radical (unpaired) electrons. The molecule has 1 fully saturated rings. The maximum Gasteiger partial charge on any atom is 0.253 e. The van der Waals surface area contributed by atoms with E-state index in [1.807, 2.05) is 30.3 Å². The van der Waals surface area contributed by atoms with E-state index < -0.39 is 10.0 Å². The number of benzene rings is 2. The van der Waals surface area contributed by atoms with E-state index in [0.29, 0.717) is 18.1 Å². The number of thiophene rings is 1. The van der Waals surface area contributed by atoms with E-state index in [2.05, 4.69) is 4.98 Å². The largest absolute Gasteiger partial charge is 0.336 e. The quantitative estimate of drug-likeness (QED) is 0.448. The number of amides is 1. The molecule has 0 aliphatic carbocycles. The SMILES string of the molecule is O=C1CN(S(=O)(=O)c2cc3ccc(Cl)cc3s2)CCN1Cc1ccc2ncccc2c1. The van der Waals surface area contributed by atoms with Gasteiger partial charge in [0.05, 0.1) is 12.1 Å². The Balaban J connectivity index is 1.32. The lowest BCUT2D eigenvalue weighted by Crippen LogP contribution is -2.51. The zero-order valence-electron chi connectivity index (χ0n) is 16.4. The number of hydrogen-bond acceptors (Lipinski definition) is 5. The number of halogens is 1. The Morgan fingerprint density at radius 3 is 2.74 bits per heavy atom. The first kappa shape index (κ1) is 20.4. The van der Waals surface area contributed by atoms with Gasteiger partial charge in [0.1, 0.15) is 4.21 Å². The van der Waals surface area contributed by atoms with Crippen molar-refractivity contribution >= 4 is 59.9 Å². The highest BCUT2D eigenvalue weighted by atomic mass is 35.5. The summed E-state index contributed by atoms with van der Waals surface area (Å²) in [7, 11) is -3.74. The number of carbonyl (C=O) groups excluding carboxylic acids is 1. The zero-order chi connectivity index (χ0) is 21.6. The molecule has 0 bridgehead atoms. The monoisotopic (exact) mass is 471 g/mol. The molecular weight excluding hydrogens is 454 g/mol. The second-order valence-corrected chi connectivity index (χ2v) is 11.1. The standard InChI is InChI=1S/C22H18ClN3O3S2/c23-18-5-4-17-11-22(30-20(17)12-18)31(28,29)26-9-8-25(21(27)14-26)13-15-3-6-19-16(10-15)2-1-7-24-19/h1-7,10-12H,8-9,13-14H2. The zero-order valence-corrected chi connectivity index (χ0v) is 18.8. The van der Waals surface area contributed by atoms with Gasteiger partial charge in [0.25, 0.3) is 10.0 Å². The number of carbonyl (C=O) groups is 1. The third-order valence-corrected chi connectivity index (χ3v) is 9.01. The van der Waals surface area contributed by atoms with Crippen LogP contribution in [-0.2, 0) is 21.4 Å². The van der Waals surface area contributed by atoms with Crippen LogP contribution >= 0.6 is 22.9 Å². The minimum absolute atomic E-state index is 0.160. The van der Waals surface area contributed by atoms with Crippen molar-refractivity contribution in [3.05, 3.63) is 71.4 Å². The molecule has 1 saturated heterocycles. The molecule has 6 nitrogen and oxygen atoms in total. The summed E-state index contributed by atoms with van der Waals surface area (Å²) in [6.45, 7) is 0.892. The van der Waals surface area contributed by atoms with Crippen LogP contribution in [0.5, 0.6) is 0 Å². The summed E-state index contributed by atoms with van der Waals surface area (Å²) in [6.07, 6.45) is 1.75. The molecule has 5 rings (SSSR count). The van der Waals surface area contributed by atoms with E-state index in [-0.39, 0.29) is 23.2 Å². The smallest absolute Gasteiger partial charge is 0.253 e. The highest BCUT2D eigenvalue weighted by molar-refractivity contribution is 7.91. The van der Waals surface area contributed by atoms with Crippen molar-refractivity contribution in [3.8, 4) is 0 Å². The van der Waals surface area contributed by atoms with Gasteiger partial charge in [0, 0.05) is 40.9 Å². The van der Waals surface area contributed by atoms with Gasteiger partial charge in [-0.15, -0.1) is 11.3 Å². The maximum absolute atomic E-state index is 13.1. The highest BCUT2D eigenvalue weighted by Gasteiger charge is 2.33. The molecule has 3 heterocycles. The van der Waals surface area contributed by atoms with Gasteiger partial charge >= 0.3 is 0 Å². The van der Waals surface area contributed by atoms with Crippen LogP contribution in [0.4, 0.5) is 0 Å². The number of aromatic nitrogens is 1. The van der Waals surface area contributed by atoms with Gasteiger partial charge in [-0.05, 0) is 47.3 Å². The minimum Gasteiger partial charge on any atom is -0.336 e. The Morgan fingerprint density at radius 1 is 1.03 bits per heavy atom. The van der Waals surface area contributed by atoms with Crippen molar-refractivity contribution in [1.29, 1.82) is 0 Å². The van der Waals surface area contributed by atoms with E-state index in [9.17, 15) is 13.2 Å². The number of rotatable bonds is 4. The van der Waals surface area contributed by atoms with E-state index in [0.717, 1.165) is 26.6 Å². The predicted octanol–water partition coefficient (Wildman–Crippen LogP) is 4.14. The Hall–Kier alpha value is -2.52. The Labute approximate surface area is 188 Å². The maximum atomic E-state index is 13.1. The molecule has 0 spiro atoms. The van der Waals surface area contributed by atoms with Crippen molar-refractivity contribution in [2.24, 2.45) is 0 Å². The van der Waals surface area contributed by atoms with Crippen LogP contribution in [0.15, 0.2) is 65.0 Å². The van der Waals surface area contributed by atoms with Crippen LogP contribution in [0, 0.1) is 0 Å². The Morgan fingerprint density at radius 2 is 1.90 bits per heavy atom. The van der Waals surface area contributed by atoms with Crippen molar-refractivity contribution in [3.63, 3.8) is 0 Å². The number of nitrogens with zero attached hydrogens (tertiary/aromatic N) is 3. The lowest BCUT2D eigenvalue weighted by Gasteiger charge is -2.33. The fraction of sp³-hybridized carbons (Fsp3) is 0.182. The van der Waals surface area contributed by atoms with Gasteiger partial charge in [0.15, 0.2) is 0 Å². The first-order valence-electron chi connectivity index (χ1n) is 9.71. The van der Waals surface area contributed by atoms with Crippen molar-refractivity contribution in [2.45, 2.75) is 10.8 Å². The van der Waals surface area contributed by atoms with E-state index in [1.165, 1.54) is 15.6 Å². The first-order valence-corrected chi connectivity index (χ1v) is 12.3. The molecule has 2 aromatic carbocycles. The second kappa shape index (κ2) is 7.87. The third-order valence-electron chi connectivity index (χ3n) is 5.38. The van der Waals surface area contributed by atoms with Gasteiger partial charge in [-0.2, -0.15) is 4.31 Å². The molecule has 1 amide bonds. The number of pyridine rings is 1. The Bertz CT molecular complexity index is 1420. The summed E-state index contributed by atoms with van der Waals surface area (Å²) in [5, 5.41) is 2.40. The molecule has 9 heteroatoms. The topological polar surface area (TPSA) is 70.6 Å². The summed E-state index contributed by atoms with van der Waals surface area (Å²) in [6, 6.07) is 16.7. The number of piperazine rings is 1. The van der Waals surface area contributed by atoms with Crippen LogP contribution in [-0.4, -0.2) is 48.1 Å². The fourth-order valence-corrected chi connectivity index (χ4v) is 6.95. The van der Waals surface area contributed by atoms with E-state index >= 15 is 0 Å². The number of fused-ring (bicyclic) bond motifs is 2. The Kier molecular flexibility index (Phi) is 5.18. The molecular formula is C22H18ClN3O3S2. The molecule has 31 heavy (non-hydrogen) atoms. The molecule has 158 valence electrons. The molecule has 0 saturated carbocycles. The molecule has 4 aromatic rings. The van der Waals surface area contributed by atoms with Crippen LogP contribution in [0.25, 0.3) is 21.0 Å². The average molecular weight is 472 g/mol. The molecule has 1 aliphatic rings. The third kappa shape index (κ3) is 3.92. The first-order chi connectivity index (χ1) is 14.9. The van der Waals surface area contributed by atoms with Crippen LogP contribution in [0.1, 0.15) is 5.56 Å². The van der Waals surface area contributed by atoms with Gasteiger partial charge in [0.2, 0.25) is 5.91 Å². The van der Waals surface area contributed by atoms with Crippen LogP contribution < -0.4 is 0 Å². The van der Waals surface area contributed by atoms with E-state index in [4.69, 9.17) is 11.6 Å². The van der Waals surface area contributed by atoms with Crippen LogP contribution in [0.2, 0.25) is 5.02 Å². The summed E-state index contributed by atoms with van der Waals surface area (Å²) in [4.78, 5) is 18.8. The highest BCUT2D eigenvalue weighted by Crippen LogP contribution is 2.33. The lowest BCUT2D eigenvalue weighted by atomic mass is 10.1. The summed E-state index contributed by atoms with van der Waals surface area (Å²) in [5.74, 6) is -0.203. The molecule has 2 aromatic heterocycles. The number of sulfonamides is 1. The molecule has 1 aliphatic heterocycles. The van der Waals surface area contributed by atoms with Gasteiger partial charge in [-0.25, -0.2) is 8.42 Å². The lowest BCUT2D eigenvalue weighted by molar-refractivity contribution is -0.134. The van der Waals surface area contributed by atoms with Crippen molar-refractivity contribution in [1.82, 2.24) is 14.2 Å². The van der Waals surface area contributed by atoms with Crippen molar-refractivity contribution < 1.29 is 13.2 Å². The molecule has 0 N–H and O–H groups in total. The average Bonchev–Trinajstić information content (AvgIpc) is 3.19. The van der Waals surface area contributed by atoms with Gasteiger partial charge in [-0.3, -0.25) is 9.78 Å². The van der Waals surface area contributed by atoms with E-state index in [1.54, 1.807) is 35.4 Å². The summed E-state index contributed by atoms with van der Waals surface area (Å²) in [5.41, 5.74) is 1.89. The molecule has 0 atom stereocenters. The van der Waals surface area contributed by atoms with Gasteiger partial charge < -0.3 is 4.90 Å². The minimum atomic E-state index is -3.74. The van der Waals surface area contributed by atoms with Crippen LogP contribution in [0.3, 0.4) is 0 Å². The summed E-state index contributed by atoms with van der Waals surface area (Å²) < 4.78 is 28.6. The second-order valence-electron chi connectivity index (χ2n) is 7.43. The molecule has 0 unspecified atom stereocenters. The number of hydrogen-bond donors (Lipinski definition) is 0. The van der Waals surface area contributed by atoms with Gasteiger partial charge in [-0.1, -0.05) is 29.8 Å².